The maximum atomic E-state index is 15.0. The van der Waals surface area contributed by atoms with Gasteiger partial charge in [0.1, 0.15) is 17.6 Å². The molecule has 2 saturated carbocycles. The minimum atomic E-state index is -3.66. The minimum absolute atomic E-state index is 0.0256. The van der Waals surface area contributed by atoms with Gasteiger partial charge in [0.15, 0.2) is 9.84 Å². The lowest BCUT2D eigenvalue weighted by Gasteiger charge is -2.44. The zero-order valence-electron chi connectivity index (χ0n) is 33.5. The van der Waals surface area contributed by atoms with E-state index >= 15 is 4.79 Å². The van der Waals surface area contributed by atoms with Crippen LogP contribution in [-0.4, -0.2) is 89.1 Å². The van der Waals surface area contributed by atoms with Crippen molar-refractivity contribution in [2.45, 2.75) is 153 Å². The molecule has 1 aromatic carbocycles. The van der Waals surface area contributed by atoms with Crippen LogP contribution >= 0.6 is 0 Å². The number of likely N-dealkylation sites (tertiary alicyclic amines) is 1. The smallest absolute Gasteiger partial charge is 0.315 e. The number of nitrogens with one attached hydrogen (secondary N) is 4. The first-order valence-corrected chi connectivity index (χ1v) is 21.7. The van der Waals surface area contributed by atoms with Crippen molar-refractivity contribution in [1.29, 1.82) is 0 Å². The number of rotatable bonds is 13. The number of urea groups is 1. The number of likely N-dealkylation sites (N-methyl/N-ethyl adjacent to an activating group) is 1. The topological polar surface area (TPSA) is 171 Å². The maximum absolute atomic E-state index is 15.0. The maximum Gasteiger partial charge on any atom is 0.315 e. The van der Waals surface area contributed by atoms with Crippen LogP contribution in [0.5, 0.6) is 0 Å². The van der Waals surface area contributed by atoms with Gasteiger partial charge in [-0.3, -0.25) is 19.2 Å². The van der Waals surface area contributed by atoms with Crippen molar-refractivity contribution < 1.29 is 32.4 Å². The second-order valence-electron chi connectivity index (χ2n) is 17.7. The lowest BCUT2D eigenvalue weighted by atomic mass is 9.79. The third-order valence-electron chi connectivity index (χ3n) is 13.1. The highest BCUT2D eigenvalue weighted by Crippen LogP contribution is 2.47. The molecule has 4 N–H and O–H groups in total. The minimum Gasteiger partial charge on any atom is -0.350 e. The van der Waals surface area contributed by atoms with Gasteiger partial charge in [-0.15, -0.1) is 0 Å². The molecule has 0 bridgehead atoms. The summed E-state index contributed by atoms with van der Waals surface area (Å²) < 4.78 is 26.6. The lowest BCUT2D eigenvalue weighted by molar-refractivity contribution is -0.145. The molecule has 5 amide bonds. The van der Waals surface area contributed by atoms with E-state index in [9.17, 15) is 27.6 Å². The van der Waals surface area contributed by atoms with Crippen LogP contribution < -0.4 is 21.3 Å². The number of benzene rings is 1. The molecule has 1 saturated heterocycles. The van der Waals surface area contributed by atoms with Crippen molar-refractivity contribution in [3.63, 3.8) is 0 Å². The SMILES string of the molecule is CCNC(=O)C(=O)C1(NC(=O)[C@@H]2[C@@H](C(C)C)CCN2C(=O)[C@H](NC(=O)NC2([C@@H](C)S(=O)(=O)C(C)(C)C)CCCCC2)C2Cc3ccccc3C2)CC1CC. The number of sulfone groups is 1. The molecule has 0 aromatic heterocycles. The van der Waals surface area contributed by atoms with E-state index in [0.717, 1.165) is 30.4 Å². The molecule has 0 radical (unpaired) electrons. The summed E-state index contributed by atoms with van der Waals surface area (Å²) in [5, 5.41) is 10.9. The number of nitrogens with zero attached hydrogens (tertiary/aromatic N) is 1. The molecular weight excluding hydrogens is 707 g/mol. The molecule has 2 unspecified atom stereocenters. The third kappa shape index (κ3) is 7.93. The Morgan fingerprint density at radius 3 is 2.06 bits per heavy atom. The van der Waals surface area contributed by atoms with Crippen LogP contribution in [0.2, 0.25) is 0 Å². The van der Waals surface area contributed by atoms with Crippen LogP contribution in [0, 0.1) is 23.7 Å². The zero-order valence-corrected chi connectivity index (χ0v) is 34.4. The number of carbonyl (C=O) groups excluding carboxylic acids is 5. The van der Waals surface area contributed by atoms with Crippen molar-refractivity contribution in [3.05, 3.63) is 35.4 Å². The summed E-state index contributed by atoms with van der Waals surface area (Å²) in [6, 6.07) is 5.44. The monoisotopic (exact) mass is 769 g/mol. The number of Topliss-reactive ketones (excluding diaryl/α,β-unsaturated/α-hetero) is 1. The van der Waals surface area contributed by atoms with Gasteiger partial charge in [0, 0.05) is 13.1 Å². The van der Waals surface area contributed by atoms with Gasteiger partial charge in [-0.05, 0) is 108 Å². The van der Waals surface area contributed by atoms with Crippen LogP contribution in [0.1, 0.15) is 118 Å². The summed E-state index contributed by atoms with van der Waals surface area (Å²) in [4.78, 5) is 71.4. The summed E-state index contributed by atoms with van der Waals surface area (Å²) >= 11 is 0. The van der Waals surface area contributed by atoms with Gasteiger partial charge in [0.05, 0.1) is 15.5 Å². The number of amides is 5. The van der Waals surface area contributed by atoms with E-state index in [1.54, 1.807) is 39.5 Å². The molecule has 1 aliphatic heterocycles. The Labute approximate surface area is 322 Å². The fourth-order valence-corrected chi connectivity index (χ4v) is 11.5. The Morgan fingerprint density at radius 2 is 1.54 bits per heavy atom. The number of carbonyl (C=O) groups is 5. The number of fused-ring (bicyclic) bond motifs is 1. The Hall–Kier alpha value is -3.48. The Bertz CT molecular complexity index is 1690. The second-order valence-corrected chi connectivity index (χ2v) is 20.7. The molecule has 300 valence electrons. The highest BCUT2D eigenvalue weighted by molar-refractivity contribution is 7.93. The molecule has 0 spiro atoms. The fourth-order valence-electron chi connectivity index (χ4n) is 9.58. The summed E-state index contributed by atoms with van der Waals surface area (Å²) in [5.74, 6) is -2.93. The van der Waals surface area contributed by atoms with Gasteiger partial charge in [-0.1, -0.05) is 70.7 Å². The molecule has 5 rings (SSSR count). The van der Waals surface area contributed by atoms with E-state index in [2.05, 4.69) is 21.3 Å². The molecular formula is C41H63N5O7S. The zero-order chi connectivity index (χ0) is 39.8. The third-order valence-corrected chi connectivity index (χ3v) is 16.1. The number of ketones is 1. The van der Waals surface area contributed by atoms with Gasteiger partial charge in [0.25, 0.3) is 5.91 Å². The summed E-state index contributed by atoms with van der Waals surface area (Å²) in [5.41, 5.74) is -0.133. The van der Waals surface area contributed by atoms with Gasteiger partial charge < -0.3 is 26.2 Å². The predicted octanol–water partition coefficient (Wildman–Crippen LogP) is 4.24. The standard InChI is InChI=1S/C41H63N5O7S/c1-9-30-24-41(30,34(47)36(49)42-10-2)44-35(48)33-31(25(3)4)18-21-46(33)37(50)32(29-22-27-16-12-13-17-28(27)23-29)43-38(51)45-40(19-14-11-15-20-40)26(5)54(52,53)39(6,7)8/h12-13,16-17,25-26,29-33H,9-11,14-15,18-24H2,1-8H3,(H,42,49)(H,44,48)(H2,43,45,51)/t26-,30?,31-,32-,33+,41?/m1/s1. The molecule has 3 aliphatic carbocycles. The van der Waals surface area contributed by atoms with Crippen LogP contribution in [0.4, 0.5) is 4.79 Å². The van der Waals surface area contributed by atoms with Crippen LogP contribution in [0.15, 0.2) is 24.3 Å². The first-order valence-electron chi connectivity index (χ1n) is 20.2. The number of hydrogen-bond acceptors (Lipinski definition) is 7. The van der Waals surface area contributed by atoms with Gasteiger partial charge >= 0.3 is 6.03 Å². The molecule has 12 nitrogen and oxygen atoms in total. The van der Waals surface area contributed by atoms with E-state index in [0.29, 0.717) is 51.5 Å². The van der Waals surface area contributed by atoms with E-state index in [1.165, 1.54) is 0 Å². The predicted molar refractivity (Wildman–Crippen MR) is 208 cm³/mol. The lowest BCUT2D eigenvalue weighted by Crippen LogP contribution is -2.65. The average Bonchev–Trinajstić information content (AvgIpc) is 3.42. The highest BCUT2D eigenvalue weighted by Gasteiger charge is 2.63. The molecule has 13 heteroatoms. The average molecular weight is 770 g/mol. The molecule has 6 atom stereocenters. The molecule has 1 heterocycles. The van der Waals surface area contributed by atoms with Gasteiger partial charge in [-0.25, -0.2) is 13.2 Å². The van der Waals surface area contributed by atoms with Crippen molar-refractivity contribution in [2.24, 2.45) is 23.7 Å². The van der Waals surface area contributed by atoms with Crippen LogP contribution in [0.3, 0.4) is 0 Å². The molecule has 1 aromatic rings. The summed E-state index contributed by atoms with van der Waals surface area (Å²) in [7, 11) is -3.66. The fraction of sp³-hybridized carbons (Fsp3) is 0.732. The van der Waals surface area contributed by atoms with E-state index in [4.69, 9.17) is 0 Å². The largest absolute Gasteiger partial charge is 0.350 e. The summed E-state index contributed by atoms with van der Waals surface area (Å²) in [6.07, 6.45) is 6.12. The van der Waals surface area contributed by atoms with Crippen molar-refractivity contribution >= 4 is 39.4 Å². The van der Waals surface area contributed by atoms with E-state index in [-0.39, 0.29) is 36.1 Å². The van der Waals surface area contributed by atoms with Gasteiger partial charge in [0.2, 0.25) is 17.6 Å². The second kappa shape index (κ2) is 15.9. The Morgan fingerprint density at radius 1 is 0.926 bits per heavy atom. The Balaban J connectivity index is 1.45. The van der Waals surface area contributed by atoms with Crippen LogP contribution in [0.25, 0.3) is 0 Å². The first-order chi connectivity index (χ1) is 25.3. The normalized spacial score (nSPS) is 26.4. The van der Waals surface area contributed by atoms with Gasteiger partial charge in [-0.2, -0.15) is 0 Å². The van der Waals surface area contributed by atoms with Crippen molar-refractivity contribution in [3.8, 4) is 0 Å². The van der Waals surface area contributed by atoms with E-state index < -0.39 is 66.6 Å². The Kier molecular flexibility index (Phi) is 12.3. The first kappa shape index (κ1) is 41.7. The molecule has 3 fully saturated rings. The van der Waals surface area contributed by atoms with Crippen molar-refractivity contribution in [2.75, 3.05) is 13.1 Å². The van der Waals surface area contributed by atoms with Crippen molar-refractivity contribution in [1.82, 2.24) is 26.2 Å². The summed E-state index contributed by atoms with van der Waals surface area (Å²) in [6.45, 7) is 15.0. The quantitative estimate of drug-likeness (QED) is 0.218. The van der Waals surface area contributed by atoms with E-state index in [1.807, 2.05) is 45.0 Å². The highest BCUT2D eigenvalue weighted by atomic mass is 32.2. The molecule has 4 aliphatic rings. The number of hydrogen-bond donors (Lipinski definition) is 4. The van der Waals surface area contributed by atoms with Crippen LogP contribution in [-0.2, 0) is 41.9 Å². The molecule has 54 heavy (non-hydrogen) atoms.